The molecule has 1 aromatic carbocycles. The molecule has 2 rings (SSSR count). The summed E-state index contributed by atoms with van der Waals surface area (Å²) in [6.45, 7) is 1.30. The minimum Gasteiger partial charge on any atom is -0.504 e. The molecular formula is C16H21N3O3. The van der Waals surface area contributed by atoms with Crippen molar-refractivity contribution >= 4 is 5.96 Å². The molecule has 22 heavy (non-hydrogen) atoms. The number of aliphatic imine (C=N–C) groups is 1. The highest BCUT2D eigenvalue weighted by Crippen LogP contribution is 2.26. The molecular weight excluding hydrogens is 282 g/mol. The Kier molecular flexibility index (Phi) is 5.71. The Balaban J connectivity index is 1.79. The second-order valence-electron chi connectivity index (χ2n) is 4.69. The van der Waals surface area contributed by atoms with Crippen molar-refractivity contribution in [3.05, 3.63) is 47.9 Å². The van der Waals surface area contributed by atoms with Gasteiger partial charge in [0.05, 0.1) is 19.9 Å². The molecule has 118 valence electrons. The minimum atomic E-state index is 0.148. The van der Waals surface area contributed by atoms with E-state index in [0.717, 1.165) is 17.7 Å². The second-order valence-corrected chi connectivity index (χ2v) is 4.69. The molecule has 1 heterocycles. The van der Waals surface area contributed by atoms with Crippen LogP contribution in [0.4, 0.5) is 0 Å². The number of benzene rings is 1. The van der Waals surface area contributed by atoms with E-state index in [9.17, 15) is 5.11 Å². The van der Waals surface area contributed by atoms with Gasteiger partial charge in [-0.05, 0) is 36.2 Å². The van der Waals surface area contributed by atoms with Crippen molar-refractivity contribution < 1.29 is 14.3 Å². The fraction of sp³-hybridized carbons (Fsp3) is 0.312. The van der Waals surface area contributed by atoms with Gasteiger partial charge in [-0.3, -0.25) is 4.99 Å². The van der Waals surface area contributed by atoms with Crippen LogP contribution in [-0.2, 0) is 13.0 Å². The summed E-state index contributed by atoms with van der Waals surface area (Å²) in [4.78, 5) is 4.15. The van der Waals surface area contributed by atoms with Gasteiger partial charge < -0.3 is 24.9 Å². The van der Waals surface area contributed by atoms with E-state index < -0.39 is 0 Å². The lowest BCUT2D eigenvalue weighted by molar-refractivity contribution is 0.373. The van der Waals surface area contributed by atoms with E-state index in [1.54, 1.807) is 19.4 Å². The van der Waals surface area contributed by atoms with Gasteiger partial charge in [0.25, 0.3) is 0 Å². The maximum atomic E-state index is 9.57. The average Bonchev–Trinajstić information content (AvgIpc) is 3.05. The molecule has 0 aliphatic heterocycles. The monoisotopic (exact) mass is 303 g/mol. The van der Waals surface area contributed by atoms with Crippen LogP contribution in [0.25, 0.3) is 0 Å². The zero-order chi connectivity index (χ0) is 15.8. The molecule has 0 saturated carbocycles. The standard InChI is InChI=1S/C16H21N3O3/c1-17-16(19-11-13-4-3-9-22-13)18-8-7-12-5-6-14(20)15(10-12)21-2/h3-6,9-10,20H,7-8,11H2,1-2H3,(H2,17,18,19). The van der Waals surface area contributed by atoms with Gasteiger partial charge in [0.2, 0.25) is 0 Å². The number of methoxy groups -OCH3 is 1. The highest BCUT2D eigenvalue weighted by atomic mass is 16.5. The number of furan rings is 1. The minimum absolute atomic E-state index is 0.148. The van der Waals surface area contributed by atoms with E-state index in [-0.39, 0.29) is 5.75 Å². The number of phenolic OH excluding ortho intramolecular Hbond substituents is 1. The van der Waals surface area contributed by atoms with Gasteiger partial charge in [0.1, 0.15) is 5.76 Å². The normalized spacial score (nSPS) is 11.3. The number of nitrogens with zero attached hydrogens (tertiary/aromatic N) is 1. The van der Waals surface area contributed by atoms with Crippen LogP contribution >= 0.6 is 0 Å². The number of guanidine groups is 1. The first-order chi connectivity index (χ1) is 10.7. The third-order valence-corrected chi connectivity index (χ3v) is 3.18. The SMILES string of the molecule is CN=C(NCCc1ccc(O)c(OC)c1)NCc1ccco1. The quantitative estimate of drug-likeness (QED) is 0.561. The lowest BCUT2D eigenvalue weighted by Gasteiger charge is -2.11. The van der Waals surface area contributed by atoms with Crippen LogP contribution in [0.1, 0.15) is 11.3 Å². The smallest absolute Gasteiger partial charge is 0.191 e. The van der Waals surface area contributed by atoms with Gasteiger partial charge in [-0.1, -0.05) is 6.07 Å². The summed E-state index contributed by atoms with van der Waals surface area (Å²) in [6.07, 6.45) is 2.43. The van der Waals surface area contributed by atoms with Crippen LogP contribution in [0.15, 0.2) is 46.0 Å². The van der Waals surface area contributed by atoms with Crippen molar-refractivity contribution in [1.82, 2.24) is 10.6 Å². The lowest BCUT2D eigenvalue weighted by atomic mass is 10.1. The largest absolute Gasteiger partial charge is 0.504 e. The summed E-state index contributed by atoms with van der Waals surface area (Å²) in [7, 11) is 3.26. The van der Waals surface area contributed by atoms with E-state index >= 15 is 0 Å². The molecule has 0 saturated heterocycles. The van der Waals surface area contributed by atoms with Gasteiger partial charge in [0, 0.05) is 13.6 Å². The van der Waals surface area contributed by atoms with Crippen molar-refractivity contribution in [3.8, 4) is 11.5 Å². The van der Waals surface area contributed by atoms with Crippen LogP contribution in [0.2, 0.25) is 0 Å². The zero-order valence-corrected chi connectivity index (χ0v) is 12.8. The number of nitrogens with one attached hydrogen (secondary N) is 2. The molecule has 0 amide bonds. The Morgan fingerprint density at radius 3 is 2.86 bits per heavy atom. The number of phenols is 1. The van der Waals surface area contributed by atoms with E-state index in [1.807, 2.05) is 24.3 Å². The predicted molar refractivity (Wildman–Crippen MR) is 85.3 cm³/mol. The third kappa shape index (κ3) is 4.44. The highest BCUT2D eigenvalue weighted by molar-refractivity contribution is 5.79. The Labute approximate surface area is 129 Å². The number of hydrogen-bond donors (Lipinski definition) is 3. The maximum absolute atomic E-state index is 9.57. The number of aromatic hydroxyl groups is 1. The maximum Gasteiger partial charge on any atom is 0.191 e. The first-order valence-electron chi connectivity index (χ1n) is 7.05. The van der Waals surface area contributed by atoms with E-state index in [1.165, 1.54) is 7.11 Å². The first kappa shape index (κ1) is 15.8. The summed E-state index contributed by atoms with van der Waals surface area (Å²) in [5, 5.41) is 16.0. The van der Waals surface area contributed by atoms with Crippen LogP contribution in [0, 0.1) is 0 Å². The number of rotatable bonds is 6. The van der Waals surface area contributed by atoms with Crippen molar-refractivity contribution in [3.63, 3.8) is 0 Å². The Bertz CT molecular complexity index is 609. The van der Waals surface area contributed by atoms with Crippen molar-refractivity contribution in [2.75, 3.05) is 20.7 Å². The molecule has 0 atom stereocenters. The van der Waals surface area contributed by atoms with Gasteiger partial charge in [0.15, 0.2) is 17.5 Å². The topological polar surface area (TPSA) is 79.0 Å². The summed E-state index contributed by atoms with van der Waals surface area (Å²) in [6, 6.07) is 9.10. The number of hydrogen-bond acceptors (Lipinski definition) is 4. The van der Waals surface area contributed by atoms with E-state index in [4.69, 9.17) is 9.15 Å². The van der Waals surface area contributed by atoms with Crippen molar-refractivity contribution in [1.29, 1.82) is 0 Å². The Morgan fingerprint density at radius 2 is 2.18 bits per heavy atom. The third-order valence-electron chi connectivity index (χ3n) is 3.18. The molecule has 0 radical (unpaired) electrons. The summed E-state index contributed by atoms with van der Waals surface area (Å²) in [5.41, 5.74) is 1.07. The van der Waals surface area contributed by atoms with Gasteiger partial charge in [-0.2, -0.15) is 0 Å². The zero-order valence-electron chi connectivity index (χ0n) is 12.8. The molecule has 1 aromatic heterocycles. The fourth-order valence-corrected chi connectivity index (χ4v) is 2.01. The Morgan fingerprint density at radius 1 is 1.32 bits per heavy atom. The van der Waals surface area contributed by atoms with Crippen LogP contribution in [-0.4, -0.2) is 31.8 Å². The lowest BCUT2D eigenvalue weighted by Crippen LogP contribution is -2.37. The predicted octanol–water partition coefficient (Wildman–Crippen LogP) is 1.90. The highest BCUT2D eigenvalue weighted by Gasteiger charge is 2.04. The van der Waals surface area contributed by atoms with Gasteiger partial charge in [-0.15, -0.1) is 0 Å². The summed E-state index contributed by atoms with van der Waals surface area (Å²) >= 11 is 0. The molecule has 0 aliphatic rings. The van der Waals surface area contributed by atoms with E-state index in [0.29, 0.717) is 24.8 Å². The van der Waals surface area contributed by atoms with Crippen LogP contribution in [0.5, 0.6) is 11.5 Å². The summed E-state index contributed by atoms with van der Waals surface area (Å²) in [5.74, 6) is 2.20. The molecule has 3 N–H and O–H groups in total. The number of ether oxygens (including phenoxy) is 1. The second kappa shape index (κ2) is 7.97. The molecule has 0 spiro atoms. The van der Waals surface area contributed by atoms with Gasteiger partial charge in [-0.25, -0.2) is 0 Å². The van der Waals surface area contributed by atoms with E-state index in [2.05, 4.69) is 15.6 Å². The average molecular weight is 303 g/mol. The molecule has 2 aromatic rings. The van der Waals surface area contributed by atoms with Crippen molar-refractivity contribution in [2.45, 2.75) is 13.0 Å². The fourth-order valence-electron chi connectivity index (χ4n) is 2.01. The molecule has 0 unspecified atom stereocenters. The molecule has 6 nitrogen and oxygen atoms in total. The first-order valence-corrected chi connectivity index (χ1v) is 7.05. The molecule has 0 fully saturated rings. The molecule has 6 heteroatoms. The van der Waals surface area contributed by atoms with Gasteiger partial charge >= 0.3 is 0 Å². The molecule has 0 bridgehead atoms. The Hall–Kier alpha value is -2.63. The van der Waals surface area contributed by atoms with Crippen molar-refractivity contribution in [2.24, 2.45) is 4.99 Å². The summed E-state index contributed by atoms with van der Waals surface area (Å²) < 4.78 is 10.4. The van der Waals surface area contributed by atoms with Crippen LogP contribution in [0.3, 0.4) is 0 Å². The van der Waals surface area contributed by atoms with Crippen LogP contribution < -0.4 is 15.4 Å². The molecule has 0 aliphatic carbocycles.